The Labute approximate surface area is 91.2 Å². The second-order valence-electron chi connectivity index (χ2n) is 3.42. The summed E-state index contributed by atoms with van der Waals surface area (Å²) in [7, 11) is 0. The molecule has 0 saturated heterocycles. The molecule has 0 aliphatic rings. The van der Waals surface area contributed by atoms with E-state index in [1.807, 2.05) is 30.3 Å². The van der Waals surface area contributed by atoms with E-state index in [1.54, 1.807) is 0 Å². The molecule has 0 aromatic heterocycles. The van der Waals surface area contributed by atoms with Crippen LogP contribution in [0.1, 0.15) is 24.0 Å². The van der Waals surface area contributed by atoms with E-state index in [0.29, 0.717) is 0 Å². The van der Waals surface area contributed by atoms with E-state index in [-0.39, 0.29) is 0 Å². The molecule has 0 unspecified atom stereocenters. The van der Waals surface area contributed by atoms with Gasteiger partial charge in [0, 0.05) is 6.54 Å². The summed E-state index contributed by atoms with van der Waals surface area (Å²) in [6.45, 7) is 5.49. The molecule has 2 nitrogen and oxygen atoms in total. The van der Waals surface area contributed by atoms with Crippen LogP contribution < -0.4 is 5.32 Å². The minimum Gasteiger partial charge on any atom is -0.313 e. The number of nitrogens with zero attached hydrogens (tertiary/aromatic N) is 1. The second-order valence-corrected chi connectivity index (χ2v) is 3.42. The molecule has 0 radical (unpaired) electrons. The Morgan fingerprint density at radius 1 is 1.47 bits per heavy atom. The molecule has 0 heterocycles. The third kappa shape index (κ3) is 4.44. The summed E-state index contributed by atoms with van der Waals surface area (Å²) in [4.78, 5) is 0. The van der Waals surface area contributed by atoms with E-state index in [1.165, 1.54) is 0 Å². The van der Waals surface area contributed by atoms with Gasteiger partial charge in [0.05, 0.1) is 11.6 Å². The van der Waals surface area contributed by atoms with Crippen molar-refractivity contribution in [3.63, 3.8) is 0 Å². The van der Waals surface area contributed by atoms with Crippen molar-refractivity contribution in [1.82, 2.24) is 5.32 Å². The zero-order valence-electron chi connectivity index (χ0n) is 8.87. The fourth-order valence-electron chi connectivity index (χ4n) is 1.35. The SMILES string of the molecule is C=CCCCNCc1cccc(C#N)c1. The third-order valence-electron chi connectivity index (χ3n) is 2.15. The molecule has 0 atom stereocenters. The van der Waals surface area contributed by atoms with Gasteiger partial charge in [-0.2, -0.15) is 5.26 Å². The van der Waals surface area contributed by atoms with Crippen LogP contribution in [-0.2, 0) is 6.54 Å². The van der Waals surface area contributed by atoms with E-state index < -0.39 is 0 Å². The molecule has 2 heteroatoms. The van der Waals surface area contributed by atoms with Crippen molar-refractivity contribution < 1.29 is 0 Å². The average Bonchev–Trinajstić information content (AvgIpc) is 2.29. The van der Waals surface area contributed by atoms with Crippen LogP contribution in [0.4, 0.5) is 0 Å². The number of unbranched alkanes of at least 4 members (excludes halogenated alkanes) is 1. The van der Waals surface area contributed by atoms with Gasteiger partial charge >= 0.3 is 0 Å². The topological polar surface area (TPSA) is 35.8 Å². The quantitative estimate of drug-likeness (QED) is 0.566. The Kier molecular flexibility index (Phi) is 5.21. The first kappa shape index (κ1) is 11.5. The predicted octanol–water partition coefficient (Wildman–Crippen LogP) is 2.61. The molecule has 0 fully saturated rings. The van der Waals surface area contributed by atoms with Crippen LogP contribution in [0.5, 0.6) is 0 Å². The highest BCUT2D eigenvalue weighted by Crippen LogP contribution is 2.03. The lowest BCUT2D eigenvalue weighted by Crippen LogP contribution is -2.14. The maximum atomic E-state index is 8.72. The minimum atomic E-state index is 0.723. The smallest absolute Gasteiger partial charge is 0.0991 e. The molecule has 1 aromatic rings. The number of benzene rings is 1. The van der Waals surface area contributed by atoms with Crippen LogP contribution in [0.3, 0.4) is 0 Å². The normalized spacial score (nSPS) is 9.53. The van der Waals surface area contributed by atoms with Crippen molar-refractivity contribution in [2.45, 2.75) is 19.4 Å². The maximum Gasteiger partial charge on any atom is 0.0991 e. The minimum absolute atomic E-state index is 0.723. The summed E-state index contributed by atoms with van der Waals surface area (Å²) >= 11 is 0. The molecule has 78 valence electrons. The van der Waals surface area contributed by atoms with Crippen LogP contribution >= 0.6 is 0 Å². The maximum absolute atomic E-state index is 8.72. The molecular weight excluding hydrogens is 184 g/mol. The Morgan fingerprint density at radius 2 is 2.33 bits per heavy atom. The molecule has 1 N–H and O–H groups in total. The van der Waals surface area contributed by atoms with E-state index >= 15 is 0 Å². The lowest BCUT2D eigenvalue weighted by atomic mass is 10.1. The molecule has 15 heavy (non-hydrogen) atoms. The van der Waals surface area contributed by atoms with Gasteiger partial charge in [-0.15, -0.1) is 6.58 Å². The summed E-state index contributed by atoms with van der Waals surface area (Å²) in [5.41, 5.74) is 1.88. The van der Waals surface area contributed by atoms with Crippen molar-refractivity contribution >= 4 is 0 Å². The fourth-order valence-corrected chi connectivity index (χ4v) is 1.35. The van der Waals surface area contributed by atoms with Gasteiger partial charge in [-0.3, -0.25) is 0 Å². The Morgan fingerprint density at radius 3 is 3.07 bits per heavy atom. The first-order chi connectivity index (χ1) is 7.36. The third-order valence-corrected chi connectivity index (χ3v) is 2.15. The first-order valence-electron chi connectivity index (χ1n) is 5.17. The predicted molar refractivity (Wildman–Crippen MR) is 62.3 cm³/mol. The van der Waals surface area contributed by atoms with Gasteiger partial charge in [0.1, 0.15) is 0 Å². The zero-order valence-corrected chi connectivity index (χ0v) is 8.87. The van der Waals surface area contributed by atoms with E-state index in [0.717, 1.165) is 37.1 Å². The highest BCUT2D eigenvalue weighted by molar-refractivity contribution is 5.32. The zero-order chi connectivity index (χ0) is 10.9. The molecule has 0 aliphatic carbocycles. The summed E-state index contributed by atoms with van der Waals surface area (Å²) < 4.78 is 0. The standard InChI is InChI=1S/C13H16N2/c1-2-3-4-8-15-11-13-7-5-6-12(9-13)10-14/h2,5-7,9,15H,1,3-4,8,11H2. The number of nitriles is 1. The molecular formula is C13H16N2. The first-order valence-corrected chi connectivity index (χ1v) is 5.17. The van der Waals surface area contributed by atoms with Crippen LogP contribution in [0.15, 0.2) is 36.9 Å². The number of nitrogens with one attached hydrogen (secondary N) is 1. The van der Waals surface area contributed by atoms with E-state index in [9.17, 15) is 0 Å². The molecule has 0 aliphatic heterocycles. The van der Waals surface area contributed by atoms with Gasteiger partial charge in [0.2, 0.25) is 0 Å². The monoisotopic (exact) mass is 200 g/mol. The lowest BCUT2D eigenvalue weighted by molar-refractivity contribution is 0.655. The van der Waals surface area contributed by atoms with Crippen molar-refractivity contribution in [2.75, 3.05) is 6.54 Å². The fraction of sp³-hybridized carbons (Fsp3) is 0.308. The van der Waals surface area contributed by atoms with Crippen LogP contribution in [-0.4, -0.2) is 6.54 Å². The van der Waals surface area contributed by atoms with Gasteiger partial charge in [-0.05, 0) is 37.1 Å². The van der Waals surface area contributed by atoms with Gasteiger partial charge in [0.25, 0.3) is 0 Å². The summed E-state index contributed by atoms with van der Waals surface area (Å²) in [6, 6.07) is 9.82. The van der Waals surface area contributed by atoms with Gasteiger partial charge in [-0.25, -0.2) is 0 Å². The second kappa shape index (κ2) is 6.80. The van der Waals surface area contributed by atoms with Crippen LogP contribution in [0.25, 0.3) is 0 Å². The highest BCUT2D eigenvalue weighted by atomic mass is 14.8. The molecule has 0 amide bonds. The number of hydrogen-bond acceptors (Lipinski definition) is 2. The van der Waals surface area contributed by atoms with Gasteiger partial charge < -0.3 is 5.32 Å². The summed E-state index contributed by atoms with van der Waals surface area (Å²) in [5.74, 6) is 0. The molecule has 0 saturated carbocycles. The van der Waals surface area contributed by atoms with Gasteiger partial charge in [0.15, 0.2) is 0 Å². The van der Waals surface area contributed by atoms with E-state index in [4.69, 9.17) is 5.26 Å². The highest BCUT2D eigenvalue weighted by Gasteiger charge is 1.94. The molecule has 1 aromatic carbocycles. The molecule has 0 bridgehead atoms. The van der Waals surface area contributed by atoms with Crippen molar-refractivity contribution in [1.29, 1.82) is 5.26 Å². The Balaban J connectivity index is 2.31. The van der Waals surface area contributed by atoms with Crippen molar-refractivity contribution in [3.05, 3.63) is 48.0 Å². The molecule has 1 rings (SSSR count). The Hall–Kier alpha value is -1.59. The lowest BCUT2D eigenvalue weighted by Gasteiger charge is -2.03. The van der Waals surface area contributed by atoms with E-state index in [2.05, 4.69) is 18.0 Å². The van der Waals surface area contributed by atoms with Crippen LogP contribution in [0.2, 0.25) is 0 Å². The summed E-state index contributed by atoms with van der Waals surface area (Å²) in [5, 5.41) is 12.1. The number of hydrogen-bond donors (Lipinski definition) is 1. The largest absolute Gasteiger partial charge is 0.313 e. The van der Waals surface area contributed by atoms with Crippen molar-refractivity contribution in [3.8, 4) is 6.07 Å². The van der Waals surface area contributed by atoms with Crippen molar-refractivity contribution in [2.24, 2.45) is 0 Å². The molecule has 0 spiro atoms. The van der Waals surface area contributed by atoms with Gasteiger partial charge in [-0.1, -0.05) is 18.2 Å². The number of rotatable bonds is 6. The average molecular weight is 200 g/mol. The Bertz CT molecular complexity index is 350. The van der Waals surface area contributed by atoms with Crippen LogP contribution in [0, 0.1) is 11.3 Å². The summed E-state index contributed by atoms with van der Waals surface area (Å²) in [6.07, 6.45) is 4.09. The number of allylic oxidation sites excluding steroid dienone is 1.